The standard InChI is InChI=1S/C9H12O3/c10-7-2-1-3-8(7)12-9(11)6-4-5-6/h6,8H,1-5H2. The fourth-order valence-corrected chi connectivity index (χ4v) is 1.46. The first kappa shape index (κ1) is 7.77. The van der Waals surface area contributed by atoms with Gasteiger partial charge in [0.2, 0.25) is 0 Å². The Hall–Kier alpha value is -0.860. The third-order valence-electron chi connectivity index (χ3n) is 2.42. The van der Waals surface area contributed by atoms with E-state index in [0.717, 1.165) is 25.7 Å². The minimum Gasteiger partial charge on any atom is -0.454 e. The molecule has 0 aromatic rings. The summed E-state index contributed by atoms with van der Waals surface area (Å²) in [5.41, 5.74) is 0. The average molecular weight is 168 g/mol. The minimum absolute atomic E-state index is 0.101. The number of Topliss-reactive ketones (excluding diaryl/α,β-unsaturated/α-hetero) is 1. The van der Waals surface area contributed by atoms with Crippen LogP contribution in [-0.2, 0) is 14.3 Å². The number of carbonyl (C=O) groups is 2. The highest BCUT2D eigenvalue weighted by Gasteiger charge is 2.35. The number of esters is 1. The lowest BCUT2D eigenvalue weighted by molar-refractivity contribution is -0.154. The van der Waals surface area contributed by atoms with Crippen LogP contribution in [0.1, 0.15) is 32.1 Å². The summed E-state index contributed by atoms with van der Waals surface area (Å²) >= 11 is 0. The maximum atomic E-state index is 11.1. The molecule has 66 valence electrons. The Balaban J connectivity index is 1.84. The van der Waals surface area contributed by atoms with E-state index in [1.54, 1.807) is 0 Å². The molecule has 0 bridgehead atoms. The predicted molar refractivity (Wildman–Crippen MR) is 41.5 cm³/mol. The summed E-state index contributed by atoms with van der Waals surface area (Å²) in [4.78, 5) is 22.2. The zero-order chi connectivity index (χ0) is 8.55. The molecule has 0 aromatic heterocycles. The summed E-state index contributed by atoms with van der Waals surface area (Å²) in [5.74, 6) is 0.0534. The van der Waals surface area contributed by atoms with E-state index in [9.17, 15) is 9.59 Å². The number of ketones is 1. The Morgan fingerprint density at radius 2 is 2.08 bits per heavy atom. The van der Waals surface area contributed by atoms with Crippen molar-refractivity contribution in [2.24, 2.45) is 5.92 Å². The number of carbonyl (C=O) groups excluding carboxylic acids is 2. The summed E-state index contributed by atoms with van der Waals surface area (Å²) in [7, 11) is 0. The van der Waals surface area contributed by atoms with Crippen LogP contribution in [0.25, 0.3) is 0 Å². The summed E-state index contributed by atoms with van der Waals surface area (Å²) in [6.07, 6.45) is 3.68. The molecule has 12 heavy (non-hydrogen) atoms. The number of ether oxygens (including phenoxy) is 1. The van der Waals surface area contributed by atoms with Crippen LogP contribution in [0.4, 0.5) is 0 Å². The summed E-state index contributed by atoms with van der Waals surface area (Å²) < 4.78 is 5.06. The molecule has 0 saturated heterocycles. The Morgan fingerprint density at radius 1 is 1.33 bits per heavy atom. The highest BCUT2D eigenvalue weighted by atomic mass is 16.5. The smallest absolute Gasteiger partial charge is 0.309 e. The summed E-state index contributed by atoms with van der Waals surface area (Å²) in [6, 6.07) is 0. The largest absolute Gasteiger partial charge is 0.454 e. The van der Waals surface area contributed by atoms with Gasteiger partial charge in [0.05, 0.1) is 5.92 Å². The molecule has 2 fully saturated rings. The normalized spacial score (nSPS) is 29.0. The van der Waals surface area contributed by atoms with Crippen molar-refractivity contribution in [3.05, 3.63) is 0 Å². The van der Waals surface area contributed by atoms with Crippen LogP contribution >= 0.6 is 0 Å². The lowest BCUT2D eigenvalue weighted by Gasteiger charge is -2.08. The van der Waals surface area contributed by atoms with Crippen LogP contribution < -0.4 is 0 Å². The van der Waals surface area contributed by atoms with E-state index in [-0.39, 0.29) is 17.7 Å². The quantitative estimate of drug-likeness (QED) is 0.579. The number of hydrogen-bond acceptors (Lipinski definition) is 3. The van der Waals surface area contributed by atoms with Gasteiger partial charge in [-0.15, -0.1) is 0 Å². The Morgan fingerprint density at radius 3 is 2.58 bits per heavy atom. The lowest BCUT2D eigenvalue weighted by atomic mass is 10.3. The second-order valence-electron chi connectivity index (χ2n) is 3.56. The van der Waals surface area contributed by atoms with Gasteiger partial charge in [0.1, 0.15) is 0 Å². The van der Waals surface area contributed by atoms with Crippen molar-refractivity contribution in [1.82, 2.24) is 0 Å². The van der Waals surface area contributed by atoms with Crippen molar-refractivity contribution in [2.45, 2.75) is 38.2 Å². The van der Waals surface area contributed by atoms with Crippen LogP contribution in [0.15, 0.2) is 0 Å². The van der Waals surface area contributed by atoms with E-state index in [1.165, 1.54) is 0 Å². The summed E-state index contributed by atoms with van der Waals surface area (Å²) in [6.45, 7) is 0. The van der Waals surface area contributed by atoms with Crippen molar-refractivity contribution >= 4 is 11.8 Å². The fourth-order valence-electron chi connectivity index (χ4n) is 1.46. The maximum absolute atomic E-state index is 11.1. The minimum atomic E-state index is -0.405. The van der Waals surface area contributed by atoms with Crippen molar-refractivity contribution in [3.63, 3.8) is 0 Å². The molecular weight excluding hydrogens is 156 g/mol. The molecule has 2 aliphatic rings. The molecular formula is C9H12O3. The molecule has 0 spiro atoms. The van der Waals surface area contributed by atoms with Crippen LogP contribution in [0.5, 0.6) is 0 Å². The van der Waals surface area contributed by atoms with Crippen molar-refractivity contribution < 1.29 is 14.3 Å². The molecule has 0 N–H and O–H groups in total. The van der Waals surface area contributed by atoms with Crippen molar-refractivity contribution in [1.29, 1.82) is 0 Å². The molecule has 2 rings (SSSR count). The van der Waals surface area contributed by atoms with E-state index < -0.39 is 6.10 Å². The highest BCUT2D eigenvalue weighted by Crippen LogP contribution is 2.31. The van der Waals surface area contributed by atoms with Gasteiger partial charge in [-0.3, -0.25) is 9.59 Å². The molecule has 0 radical (unpaired) electrons. The molecule has 3 nitrogen and oxygen atoms in total. The molecule has 3 heteroatoms. The van der Waals surface area contributed by atoms with Crippen LogP contribution in [0.3, 0.4) is 0 Å². The predicted octanol–water partition coefficient (Wildman–Crippen LogP) is 1.06. The van der Waals surface area contributed by atoms with Gasteiger partial charge in [-0.1, -0.05) is 0 Å². The van der Waals surface area contributed by atoms with E-state index in [0.29, 0.717) is 6.42 Å². The van der Waals surface area contributed by atoms with Gasteiger partial charge in [0.15, 0.2) is 11.9 Å². The summed E-state index contributed by atoms with van der Waals surface area (Å²) in [5, 5.41) is 0. The van der Waals surface area contributed by atoms with Gasteiger partial charge in [-0.05, 0) is 25.7 Å². The first-order valence-electron chi connectivity index (χ1n) is 4.50. The zero-order valence-corrected chi connectivity index (χ0v) is 6.91. The van der Waals surface area contributed by atoms with E-state index in [1.807, 2.05) is 0 Å². The molecule has 2 aliphatic carbocycles. The third-order valence-corrected chi connectivity index (χ3v) is 2.42. The van der Waals surface area contributed by atoms with Gasteiger partial charge < -0.3 is 4.74 Å². The van der Waals surface area contributed by atoms with Gasteiger partial charge in [0.25, 0.3) is 0 Å². The lowest BCUT2D eigenvalue weighted by Crippen LogP contribution is -2.22. The second-order valence-corrected chi connectivity index (χ2v) is 3.56. The SMILES string of the molecule is O=C(OC1CCCC1=O)C1CC1. The van der Waals surface area contributed by atoms with Gasteiger partial charge in [-0.25, -0.2) is 0 Å². The molecule has 2 saturated carbocycles. The first-order valence-corrected chi connectivity index (χ1v) is 4.50. The highest BCUT2D eigenvalue weighted by molar-refractivity contribution is 5.87. The average Bonchev–Trinajstić information content (AvgIpc) is 2.80. The van der Waals surface area contributed by atoms with Gasteiger partial charge >= 0.3 is 5.97 Å². The van der Waals surface area contributed by atoms with Crippen LogP contribution in [0, 0.1) is 5.92 Å². The van der Waals surface area contributed by atoms with Crippen molar-refractivity contribution in [3.8, 4) is 0 Å². The Bertz CT molecular complexity index is 218. The fraction of sp³-hybridized carbons (Fsp3) is 0.778. The molecule has 0 aromatic carbocycles. The van der Waals surface area contributed by atoms with Crippen LogP contribution in [0.2, 0.25) is 0 Å². The molecule has 0 aliphatic heterocycles. The first-order chi connectivity index (χ1) is 5.77. The maximum Gasteiger partial charge on any atom is 0.309 e. The number of rotatable bonds is 2. The molecule has 0 heterocycles. The van der Waals surface area contributed by atoms with E-state index >= 15 is 0 Å². The monoisotopic (exact) mass is 168 g/mol. The van der Waals surface area contributed by atoms with Gasteiger partial charge in [0, 0.05) is 6.42 Å². The zero-order valence-electron chi connectivity index (χ0n) is 6.91. The number of hydrogen-bond donors (Lipinski definition) is 0. The van der Waals surface area contributed by atoms with Crippen LogP contribution in [-0.4, -0.2) is 17.9 Å². The van der Waals surface area contributed by atoms with Crippen molar-refractivity contribution in [2.75, 3.05) is 0 Å². The van der Waals surface area contributed by atoms with E-state index in [4.69, 9.17) is 4.74 Å². The molecule has 1 unspecified atom stereocenters. The third kappa shape index (κ3) is 1.49. The Kier molecular flexibility index (Phi) is 1.87. The molecule has 0 amide bonds. The van der Waals surface area contributed by atoms with E-state index in [2.05, 4.69) is 0 Å². The Labute approximate surface area is 71.1 Å². The van der Waals surface area contributed by atoms with Gasteiger partial charge in [-0.2, -0.15) is 0 Å². The molecule has 1 atom stereocenters. The topological polar surface area (TPSA) is 43.4 Å². The second kappa shape index (κ2) is 2.88.